The number of allylic oxidation sites excluding steroid dienone is 2. The van der Waals surface area contributed by atoms with E-state index < -0.39 is 0 Å². The highest BCUT2D eigenvalue weighted by Crippen LogP contribution is 2.37. The molecule has 1 aromatic carbocycles. The van der Waals surface area contributed by atoms with E-state index in [4.69, 9.17) is 11.6 Å². The summed E-state index contributed by atoms with van der Waals surface area (Å²) in [5.74, 6) is 1.42. The van der Waals surface area contributed by atoms with E-state index in [0.29, 0.717) is 5.92 Å². The molecule has 1 aliphatic rings. The largest absolute Gasteiger partial charge is 0.0853 e. The molecule has 0 radical (unpaired) electrons. The van der Waals surface area contributed by atoms with Gasteiger partial charge >= 0.3 is 0 Å². The first-order valence-corrected chi connectivity index (χ1v) is 5.95. The van der Waals surface area contributed by atoms with Crippen molar-refractivity contribution in [3.8, 4) is 0 Å². The van der Waals surface area contributed by atoms with Gasteiger partial charge in [-0.3, -0.25) is 0 Å². The Bertz CT molecular complexity index is 361. The monoisotopic (exact) mass is 220 g/mol. The van der Waals surface area contributed by atoms with Crippen molar-refractivity contribution in [2.45, 2.75) is 32.6 Å². The average molecular weight is 221 g/mol. The molecule has 0 nitrogen and oxygen atoms in total. The molecule has 0 aromatic heterocycles. The van der Waals surface area contributed by atoms with E-state index in [0.717, 1.165) is 10.9 Å². The van der Waals surface area contributed by atoms with E-state index in [2.05, 4.69) is 32.1 Å². The van der Waals surface area contributed by atoms with Crippen LogP contribution in [0.1, 0.15) is 38.2 Å². The highest BCUT2D eigenvalue weighted by Gasteiger charge is 2.22. The van der Waals surface area contributed by atoms with Gasteiger partial charge in [0, 0.05) is 5.02 Å². The van der Waals surface area contributed by atoms with Crippen LogP contribution in [0.25, 0.3) is 0 Å². The Morgan fingerprint density at radius 1 is 1.20 bits per heavy atom. The molecule has 0 amide bonds. The van der Waals surface area contributed by atoms with Crippen LogP contribution < -0.4 is 0 Å². The smallest absolute Gasteiger partial charge is 0.0406 e. The average Bonchev–Trinajstić information content (AvgIpc) is 2.23. The molecule has 1 heteroatoms. The second-order valence-corrected chi connectivity index (χ2v) is 5.06. The van der Waals surface area contributed by atoms with Crippen LogP contribution in [0.4, 0.5) is 0 Å². The van der Waals surface area contributed by atoms with Gasteiger partial charge in [-0.15, -0.1) is 0 Å². The molecule has 0 unspecified atom stereocenters. The van der Waals surface area contributed by atoms with E-state index in [-0.39, 0.29) is 0 Å². The van der Waals surface area contributed by atoms with Crippen molar-refractivity contribution in [3.05, 3.63) is 46.5 Å². The van der Waals surface area contributed by atoms with Gasteiger partial charge in [0.2, 0.25) is 0 Å². The summed E-state index contributed by atoms with van der Waals surface area (Å²) in [6, 6.07) is 8.33. The Balaban J connectivity index is 2.23. The molecule has 2 rings (SSSR count). The lowest BCUT2D eigenvalue weighted by Crippen LogP contribution is -2.13. The Labute approximate surface area is 97.0 Å². The van der Waals surface area contributed by atoms with Gasteiger partial charge in [-0.2, -0.15) is 0 Å². The number of rotatable bonds is 1. The molecule has 1 aliphatic carbocycles. The van der Waals surface area contributed by atoms with Crippen LogP contribution in [0.3, 0.4) is 0 Å². The molecular weight excluding hydrogens is 204 g/mol. The molecule has 0 heterocycles. The number of hydrogen-bond donors (Lipinski definition) is 0. The highest BCUT2D eigenvalue weighted by molar-refractivity contribution is 6.30. The maximum Gasteiger partial charge on any atom is 0.0406 e. The van der Waals surface area contributed by atoms with Gasteiger partial charge in [0.1, 0.15) is 0 Å². The molecule has 0 N–H and O–H groups in total. The van der Waals surface area contributed by atoms with Gasteiger partial charge in [0.25, 0.3) is 0 Å². The van der Waals surface area contributed by atoms with E-state index in [1.165, 1.54) is 24.0 Å². The lowest BCUT2D eigenvalue weighted by atomic mass is 9.77. The summed E-state index contributed by atoms with van der Waals surface area (Å²) in [5.41, 5.74) is 2.95. The molecule has 0 aliphatic heterocycles. The van der Waals surface area contributed by atoms with E-state index in [9.17, 15) is 0 Å². The van der Waals surface area contributed by atoms with Crippen LogP contribution in [0.2, 0.25) is 5.02 Å². The first-order valence-electron chi connectivity index (χ1n) is 5.58. The Hall–Kier alpha value is -0.750. The van der Waals surface area contributed by atoms with E-state index >= 15 is 0 Å². The molecule has 0 spiro atoms. The second kappa shape index (κ2) is 4.40. The molecule has 1 aromatic rings. The lowest BCUT2D eigenvalue weighted by Gasteiger charge is -2.28. The molecule has 0 bridgehead atoms. The first-order chi connectivity index (χ1) is 7.16. The first kappa shape index (κ1) is 10.8. The van der Waals surface area contributed by atoms with Crippen molar-refractivity contribution in [1.29, 1.82) is 0 Å². The van der Waals surface area contributed by atoms with Crippen LogP contribution in [0.15, 0.2) is 35.9 Å². The third-order valence-electron chi connectivity index (χ3n) is 3.37. The van der Waals surface area contributed by atoms with E-state index in [1.54, 1.807) is 0 Å². The Kier molecular flexibility index (Phi) is 3.16. The normalized spacial score (nSPS) is 26.2. The van der Waals surface area contributed by atoms with Crippen molar-refractivity contribution in [3.63, 3.8) is 0 Å². The second-order valence-electron chi connectivity index (χ2n) is 4.63. The van der Waals surface area contributed by atoms with Crippen molar-refractivity contribution < 1.29 is 0 Å². The summed E-state index contributed by atoms with van der Waals surface area (Å²) in [4.78, 5) is 0. The van der Waals surface area contributed by atoms with Gasteiger partial charge in [0.15, 0.2) is 0 Å². The zero-order valence-corrected chi connectivity index (χ0v) is 10.1. The summed E-state index contributed by atoms with van der Waals surface area (Å²) in [7, 11) is 0. The fourth-order valence-electron chi connectivity index (χ4n) is 2.34. The zero-order valence-electron chi connectivity index (χ0n) is 9.33. The standard InChI is InChI=1S/C14H17Cl/c1-10-3-4-11(2)14(9-10)12-5-7-13(15)8-6-12/h3,5-8,11,14H,4,9H2,1-2H3/t11-,14-/m1/s1. The topological polar surface area (TPSA) is 0 Å². The fourth-order valence-corrected chi connectivity index (χ4v) is 2.47. The summed E-state index contributed by atoms with van der Waals surface area (Å²) in [5, 5.41) is 0.828. The summed E-state index contributed by atoms with van der Waals surface area (Å²) < 4.78 is 0. The molecular formula is C14H17Cl. The van der Waals surface area contributed by atoms with Crippen LogP contribution >= 0.6 is 11.6 Å². The third-order valence-corrected chi connectivity index (χ3v) is 3.62. The number of benzene rings is 1. The number of halogens is 1. The SMILES string of the molecule is CC1=CC[C@@H](C)[C@H](c2ccc(Cl)cc2)C1. The fraction of sp³-hybridized carbons (Fsp3) is 0.429. The van der Waals surface area contributed by atoms with Crippen molar-refractivity contribution in [2.75, 3.05) is 0 Å². The van der Waals surface area contributed by atoms with Gasteiger partial charge in [-0.25, -0.2) is 0 Å². The zero-order chi connectivity index (χ0) is 10.8. The minimum atomic E-state index is 0.673. The predicted octanol–water partition coefficient (Wildman–Crippen LogP) is 4.80. The van der Waals surface area contributed by atoms with E-state index in [1.807, 2.05) is 12.1 Å². The third kappa shape index (κ3) is 2.43. The van der Waals surface area contributed by atoms with Crippen molar-refractivity contribution in [1.82, 2.24) is 0 Å². The highest BCUT2D eigenvalue weighted by atomic mass is 35.5. The predicted molar refractivity (Wildman–Crippen MR) is 66.3 cm³/mol. The molecule has 0 saturated heterocycles. The quantitative estimate of drug-likeness (QED) is 0.597. The minimum absolute atomic E-state index is 0.673. The van der Waals surface area contributed by atoms with Crippen LogP contribution in [0, 0.1) is 5.92 Å². The van der Waals surface area contributed by atoms with Gasteiger partial charge < -0.3 is 0 Å². The minimum Gasteiger partial charge on any atom is -0.0853 e. The summed E-state index contributed by atoms with van der Waals surface area (Å²) in [6.07, 6.45) is 4.78. The van der Waals surface area contributed by atoms with Gasteiger partial charge in [0.05, 0.1) is 0 Å². The van der Waals surface area contributed by atoms with Crippen LogP contribution in [-0.4, -0.2) is 0 Å². The van der Waals surface area contributed by atoms with Crippen molar-refractivity contribution in [2.24, 2.45) is 5.92 Å². The summed E-state index contributed by atoms with van der Waals surface area (Å²) >= 11 is 5.90. The molecule has 2 atom stereocenters. The van der Waals surface area contributed by atoms with Gasteiger partial charge in [-0.1, -0.05) is 42.3 Å². The maximum atomic E-state index is 5.90. The van der Waals surface area contributed by atoms with Crippen molar-refractivity contribution >= 4 is 11.6 Å². The maximum absolute atomic E-state index is 5.90. The van der Waals surface area contributed by atoms with Crippen LogP contribution in [0.5, 0.6) is 0 Å². The molecule has 0 fully saturated rings. The van der Waals surface area contributed by atoms with Crippen LogP contribution in [-0.2, 0) is 0 Å². The Morgan fingerprint density at radius 2 is 1.87 bits per heavy atom. The summed E-state index contributed by atoms with van der Waals surface area (Å²) in [6.45, 7) is 4.57. The Morgan fingerprint density at radius 3 is 2.53 bits per heavy atom. The number of hydrogen-bond acceptors (Lipinski definition) is 0. The lowest BCUT2D eigenvalue weighted by molar-refractivity contribution is 0.438. The molecule has 80 valence electrons. The molecule has 0 saturated carbocycles. The molecule has 15 heavy (non-hydrogen) atoms. The van der Waals surface area contributed by atoms with Gasteiger partial charge in [-0.05, 0) is 49.3 Å².